The Morgan fingerprint density at radius 3 is 3.05 bits per heavy atom. The molecule has 0 atom stereocenters. The van der Waals surface area contributed by atoms with Gasteiger partial charge >= 0.3 is 5.63 Å². The van der Waals surface area contributed by atoms with Gasteiger partial charge in [0, 0.05) is 17.5 Å². The molecule has 0 amide bonds. The van der Waals surface area contributed by atoms with Crippen LogP contribution in [0.25, 0.3) is 11.0 Å². The summed E-state index contributed by atoms with van der Waals surface area (Å²) in [5, 5.41) is 0.904. The molecule has 0 radical (unpaired) electrons. The molecule has 0 saturated heterocycles. The molecule has 0 bridgehead atoms. The van der Waals surface area contributed by atoms with Crippen molar-refractivity contribution in [3.63, 3.8) is 0 Å². The molecule has 2 heterocycles. The lowest BCUT2D eigenvalue weighted by Crippen LogP contribution is -2.11. The first kappa shape index (κ1) is 11.8. The highest BCUT2D eigenvalue weighted by Crippen LogP contribution is 2.22. The molecule has 1 aromatic carbocycles. The molecule has 0 unspecified atom stereocenters. The topological polar surface area (TPSA) is 61.0 Å². The van der Waals surface area contributed by atoms with Gasteiger partial charge in [0.05, 0.1) is 6.54 Å². The maximum absolute atomic E-state index is 11.3. The smallest absolute Gasteiger partial charge is 0.336 e. The van der Waals surface area contributed by atoms with Gasteiger partial charge in [0.2, 0.25) is 5.90 Å². The maximum atomic E-state index is 11.3. The minimum atomic E-state index is -0.356. The van der Waals surface area contributed by atoms with Crippen molar-refractivity contribution in [2.45, 2.75) is 6.92 Å². The zero-order valence-corrected chi connectivity index (χ0v) is 10.5. The Bertz CT molecular complexity index is 702. The van der Waals surface area contributed by atoms with Crippen molar-refractivity contribution in [2.24, 2.45) is 4.99 Å². The molecule has 1 aliphatic rings. The Morgan fingerprint density at radius 1 is 1.37 bits per heavy atom. The molecular weight excluding hydrogens is 246 g/mol. The zero-order valence-electron chi connectivity index (χ0n) is 10.5. The molecule has 1 aromatic heterocycles. The van der Waals surface area contributed by atoms with Gasteiger partial charge < -0.3 is 13.9 Å². The average Bonchev–Trinajstić information content (AvgIpc) is 2.88. The van der Waals surface area contributed by atoms with Crippen LogP contribution < -0.4 is 10.4 Å². The molecular formula is C14H13NO4. The van der Waals surface area contributed by atoms with Crippen molar-refractivity contribution in [3.05, 3.63) is 40.2 Å². The number of aryl methyl sites for hydroxylation is 1. The number of hydrogen-bond acceptors (Lipinski definition) is 5. The Labute approximate surface area is 109 Å². The first-order valence-electron chi connectivity index (χ1n) is 6.06. The summed E-state index contributed by atoms with van der Waals surface area (Å²) in [7, 11) is 0. The number of aliphatic imine (C=N–C) groups is 1. The third-order valence-electron chi connectivity index (χ3n) is 2.93. The van der Waals surface area contributed by atoms with Gasteiger partial charge in [0.15, 0.2) is 6.61 Å². The van der Waals surface area contributed by atoms with Gasteiger partial charge in [-0.1, -0.05) is 0 Å². The van der Waals surface area contributed by atoms with Crippen LogP contribution in [0.15, 0.2) is 38.5 Å². The van der Waals surface area contributed by atoms with Gasteiger partial charge in [-0.2, -0.15) is 0 Å². The van der Waals surface area contributed by atoms with Crippen LogP contribution >= 0.6 is 0 Å². The van der Waals surface area contributed by atoms with Crippen molar-refractivity contribution in [2.75, 3.05) is 19.8 Å². The van der Waals surface area contributed by atoms with Crippen LogP contribution in [0.3, 0.4) is 0 Å². The fourth-order valence-electron chi connectivity index (χ4n) is 2.01. The van der Waals surface area contributed by atoms with Crippen LogP contribution in [0.5, 0.6) is 5.75 Å². The van der Waals surface area contributed by atoms with E-state index in [1.165, 1.54) is 6.07 Å². The van der Waals surface area contributed by atoms with Crippen molar-refractivity contribution in [1.82, 2.24) is 0 Å². The van der Waals surface area contributed by atoms with Gasteiger partial charge in [0.25, 0.3) is 0 Å². The molecule has 0 N–H and O–H groups in total. The highest BCUT2D eigenvalue weighted by molar-refractivity contribution is 5.82. The van der Waals surface area contributed by atoms with Crippen LogP contribution in [-0.2, 0) is 4.74 Å². The summed E-state index contributed by atoms with van der Waals surface area (Å²) in [5.74, 6) is 1.23. The summed E-state index contributed by atoms with van der Waals surface area (Å²) in [6, 6.07) is 6.90. The molecule has 98 valence electrons. The highest BCUT2D eigenvalue weighted by atomic mass is 16.5. The first-order chi connectivity index (χ1) is 9.22. The summed E-state index contributed by atoms with van der Waals surface area (Å²) < 4.78 is 16.0. The lowest BCUT2D eigenvalue weighted by molar-refractivity contribution is 0.293. The van der Waals surface area contributed by atoms with Crippen LogP contribution in [0.2, 0.25) is 0 Å². The number of nitrogens with zero attached hydrogens (tertiary/aromatic N) is 1. The highest BCUT2D eigenvalue weighted by Gasteiger charge is 2.09. The van der Waals surface area contributed by atoms with Gasteiger partial charge in [0.1, 0.15) is 17.9 Å². The third kappa shape index (κ3) is 2.45. The number of fused-ring (bicyclic) bond motifs is 1. The summed E-state index contributed by atoms with van der Waals surface area (Å²) in [4.78, 5) is 15.5. The second-order valence-electron chi connectivity index (χ2n) is 4.32. The normalized spacial score (nSPS) is 14.3. The molecule has 0 fully saturated rings. The number of benzene rings is 1. The van der Waals surface area contributed by atoms with E-state index in [0.717, 1.165) is 10.9 Å². The average molecular weight is 259 g/mol. The van der Waals surface area contributed by atoms with E-state index >= 15 is 0 Å². The fraction of sp³-hybridized carbons (Fsp3) is 0.286. The Balaban J connectivity index is 1.86. The monoisotopic (exact) mass is 259 g/mol. The van der Waals surface area contributed by atoms with Crippen molar-refractivity contribution in [3.8, 4) is 5.75 Å². The van der Waals surface area contributed by atoms with E-state index in [1.807, 2.05) is 19.1 Å². The first-order valence-corrected chi connectivity index (χ1v) is 6.06. The number of hydrogen-bond donors (Lipinski definition) is 0. The van der Waals surface area contributed by atoms with Crippen LogP contribution in [-0.4, -0.2) is 25.7 Å². The molecule has 0 spiro atoms. The molecule has 0 aliphatic carbocycles. The quantitative estimate of drug-likeness (QED) is 0.790. The van der Waals surface area contributed by atoms with Gasteiger partial charge in [-0.3, -0.25) is 0 Å². The van der Waals surface area contributed by atoms with Crippen molar-refractivity contribution >= 4 is 16.9 Å². The van der Waals surface area contributed by atoms with Gasteiger partial charge in [-0.25, -0.2) is 9.79 Å². The number of ether oxygens (including phenoxy) is 2. The van der Waals surface area contributed by atoms with E-state index in [1.54, 1.807) is 6.07 Å². The predicted molar refractivity (Wildman–Crippen MR) is 71.0 cm³/mol. The van der Waals surface area contributed by atoms with Crippen LogP contribution in [0.4, 0.5) is 0 Å². The largest absolute Gasteiger partial charge is 0.484 e. The van der Waals surface area contributed by atoms with E-state index in [0.29, 0.717) is 37.0 Å². The van der Waals surface area contributed by atoms with Crippen molar-refractivity contribution in [1.29, 1.82) is 0 Å². The third-order valence-corrected chi connectivity index (χ3v) is 2.93. The van der Waals surface area contributed by atoms with Gasteiger partial charge in [-0.05, 0) is 24.6 Å². The predicted octanol–water partition coefficient (Wildman–Crippen LogP) is 1.91. The van der Waals surface area contributed by atoms with E-state index in [-0.39, 0.29) is 5.63 Å². The molecule has 19 heavy (non-hydrogen) atoms. The van der Waals surface area contributed by atoms with Crippen LogP contribution in [0, 0.1) is 6.92 Å². The lowest BCUT2D eigenvalue weighted by atomic mass is 10.1. The Morgan fingerprint density at radius 2 is 2.26 bits per heavy atom. The zero-order chi connectivity index (χ0) is 13.2. The van der Waals surface area contributed by atoms with E-state index in [4.69, 9.17) is 13.9 Å². The van der Waals surface area contributed by atoms with Crippen LogP contribution in [0.1, 0.15) is 5.56 Å². The summed E-state index contributed by atoms with van der Waals surface area (Å²) >= 11 is 0. The summed E-state index contributed by atoms with van der Waals surface area (Å²) in [6.07, 6.45) is 0. The SMILES string of the molecule is Cc1cc(=O)oc2cc(OCC3=NCCO3)ccc12. The standard InChI is InChI=1S/C14H13NO4/c1-9-6-14(16)19-12-7-10(2-3-11(9)12)18-8-13-15-4-5-17-13/h2-3,6-7H,4-5,8H2,1H3. The molecule has 5 nitrogen and oxygen atoms in total. The molecule has 2 aromatic rings. The molecule has 1 aliphatic heterocycles. The Kier molecular flexibility index (Phi) is 2.95. The number of rotatable bonds is 3. The maximum Gasteiger partial charge on any atom is 0.336 e. The summed E-state index contributed by atoms with van der Waals surface area (Å²) in [6.45, 7) is 3.47. The molecule has 3 rings (SSSR count). The van der Waals surface area contributed by atoms with E-state index in [2.05, 4.69) is 4.99 Å². The minimum Gasteiger partial charge on any atom is -0.484 e. The Hall–Kier alpha value is -2.30. The minimum absolute atomic E-state index is 0.293. The van der Waals surface area contributed by atoms with Gasteiger partial charge in [-0.15, -0.1) is 0 Å². The molecule has 0 saturated carbocycles. The summed E-state index contributed by atoms with van der Waals surface area (Å²) in [5.41, 5.74) is 1.06. The second kappa shape index (κ2) is 4.76. The molecule has 5 heteroatoms. The van der Waals surface area contributed by atoms with E-state index < -0.39 is 0 Å². The van der Waals surface area contributed by atoms with E-state index in [9.17, 15) is 4.79 Å². The second-order valence-corrected chi connectivity index (χ2v) is 4.32. The lowest BCUT2D eigenvalue weighted by Gasteiger charge is -2.07. The van der Waals surface area contributed by atoms with Crippen molar-refractivity contribution < 1.29 is 13.9 Å². The fourth-order valence-corrected chi connectivity index (χ4v) is 2.01.